The number of nitrogens with one attached hydrogen (secondary N) is 1. The first-order chi connectivity index (χ1) is 8.70. The van der Waals surface area contributed by atoms with E-state index in [1.807, 2.05) is 12.1 Å². The van der Waals surface area contributed by atoms with Crippen molar-refractivity contribution in [2.24, 2.45) is 5.92 Å². The van der Waals surface area contributed by atoms with Crippen LogP contribution in [0, 0.1) is 5.92 Å². The molecule has 98 valence electrons. The van der Waals surface area contributed by atoms with Gasteiger partial charge in [0, 0.05) is 11.0 Å². The predicted octanol–water partition coefficient (Wildman–Crippen LogP) is 3.38. The highest BCUT2D eigenvalue weighted by Crippen LogP contribution is 2.25. The van der Waals surface area contributed by atoms with E-state index in [0.29, 0.717) is 17.2 Å². The Balaban J connectivity index is 1.98. The SMILES string of the molecule is COc1ccc(Br)c(C(=O)NCC2CCCC2)c1. The molecule has 2 rings (SSSR count). The minimum atomic E-state index is -0.0346. The van der Waals surface area contributed by atoms with Crippen LogP contribution in [0.3, 0.4) is 0 Å². The van der Waals surface area contributed by atoms with Gasteiger partial charge in [-0.05, 0) is 52.9 Å². The van der Waals surface area contributed by atoms with Crippen LogP contribution in [0.4, 0.5) is 0 Å². The summed E-state index contributed by atoms with van der Waals surface area (Å²) in [4.78, 5) is 12.1. The van der Waals surface area contributed by atoms with E-state index in [1.54, 1.807) is 13.2 Å². The molecular weight excluding hydrogens is 294 g/mol. The Morgan fingerprint density at radius 3 is 2.83 bits per heavy atom. The van der Waals surface area contributed by atoms with E-state index in [2.05, 4.69) is 21.2 Å². The number of methoxy groups -OCH3 is 1. The number of halogens is 1. The van der Waals surface area contributed by atoms with Crippen LogP contribution < -0.4 is 10.1 Å². The molecule has 1 aromatic carbocycles. The van der Waals surface area contributed by atoms with Gasteiger partial charge >= 0.3 is 0 Å². The van der Waals surface area contributed by atoms with Crippen LogP contribution in [0.1, 0.15) is 36.0 Å². The van der Waals surface area contributed by atoms with Crippen LogP contribution in [0.5, 0.6) is 5.75 Å². The molecule has 1 aliphatic carbocycles. The summed E-state index contributed by atoms with van der Waals surface area (Å²) in [6, 6.07) is 5.43. The first-order valence-corrected chi connectivity index (χ1v) is 7.11. The summed E-state index contributed by atoms with van der Waals surface area (Å²) in [6.45, 7) is 0.780. The number of hydrogen-bond donors (Lipinski definition) is 1. The number of amides is 1. The van der Waals surface area contributed by atoms with Gasteiger partial charge in [-0.2, -0.15) is 0 Å². The fraction of sp³-hybridized carbons (Fsp3) is 0.500. The van der Waals surface area contributed by atoms with E-state index in [4.69, 9.17) is 4.74 Å². The van der Waals surface area contributed by atoms with Gasteiger partial charge in [0.05, 0.1) is 12.7 Å². The van der Waals surface area contributed by atoms with Crippen molar-refractivity contribution in [1.29, 1.82) is 0 Å². The van der Waals surface area contributed by atoms with Crippen LogP contribution in [-0.2, 0) is 0 Å². The third-order valence-electron chi connectivity index (χ3n) is 3.44. The maximum Gasteiger partial charge on any atom is 0.252 e. The molecule has 0 radical (unpaired) electrons. The van der Waals surface area contributed by atoms with E-state index in [9.17, 15) is 4.79 Å². The van der Waals surface area contributed by atoms with Crippen molar-refractivity contribution in [3.05, 3.63) is 28.2 Å². The monoisotopic (exact) mass is 311 g/mol. The van der Waals surface area contributed by atoms with E-state index in [1.165, 1.54) is 25.7 Å². The summed E-state index contributed by atoms with van der Waals surface area (Å²) >= 11 is 3.40. The highest BCUT2D eigenvalue weighted by molar-refractivity contribution is 9.10. The third kappa shape index (κ3) is 3.25. The van der Waals surface area contributed by atoms with Gasteiger partial charge in [-0.3, -0.25) is 4.79 Å². The van der Waals surface area contributed by atoms with Gasteiger partial charge in [0.15, 0.2) is 0 Å². The summed E-state index contributed by atoms with van der Waals surface area (Å²) < 4.78 is 5.94. The number of hydrogen-bond acceptors (Lipinski definition) is 2. The Morgan fingerprint density at radius 1 is 1.44 bits per heavy atom. The lowest BCUT2D eigenvalue weighted by atomic mass is 10.1. The highest BCUT2D eigenvalue weighted by atomic mass is 79.9. The second-order valence-electron chi connectivity index (χ2n) is 4.71. The highest BCUT2D eigenvalue weighted by Gasteiger charge is 2.17. The van der Waals surface area contributed by atoms with Crippen LogP contribution in [-0.4, -0.2) is 19.6 Å². The smallest absolute Gasteiger partial charge is 0.252 e. The van der Waals surface area contributed by atoms with E-state index < -0.39 is 0 Å². The third-order valence-corrected chi connectivity index (χ3v) is 4.14. The van der Waals surface area contributed by atoms with E-state index >= 15 is 0 Å². The largest absolute Gasteiger partial charge is 0.497 e. The second kappa shape index (κ2) is 6.23. The lowest BCUT2D eigenvalue weighted by Gasteiger charge is -2.12. The Morgan fingerprint density at radius 2 is 2.17 bits per heavy atom. The molecule has 1 saturated carbocycles. The summed E-state index contributed by atoms with van der Waals surface area (Å²) in [7, 11) is 1.60. The zero-order valence-corrected chi connectivity index (χ0v) is 12.1. The maximum atomic E-state index is 12.1. The number of carbonyl (C=O) groups excluding carboxylic acids is 1. The van der Waals surface area contributed by atoms with Crippen molar-refractivity contribution in [3.63, 3.8) is 0 Å². The molecule has 0 aliphatic heterocycles. The summed E-state index contributed by atoms with van der Waals surface area (Å²) in [5, 5.41) is 3.01. The lowest BCUT2D eigenvalue weighted by molar-refractivity contribution is 0.0946. The number of benzene rings is 1. The van der Waals surface area contributed by atoms with Crippen molar-refractivity contribution < 1.29 is 9.53 Å². The molecule has 1 aromatic rings. The first kappa shape index (κ1) is 13.4. The molecular formula is C14H18BrNO2. The zero-order chi connectivity index (χ0) is 13.0. The summed E-state index contributed by atoms with van der Waals surface area (Å²) in [6.07, 6.45) is 5.06. The van der Waals surface area contributed by atoms with E-state index in [0.717, 1.165) is 11.0 Å². The van der Waals surface area contributed by atoms with Gasteiger partial charge in [-0.1, -0.05) is 12.8 Å². The van der Waals surface area contributed by atoms with Crippen molar-refractivity contribution in [2.75, 3.05) is 13.7 Å². The standard InChI is InChI=1S/C14H18BrNO2/c1-18-11-6-7-13(15)12(8-11)14(17)16-9-10-4-2-3-5-10/h6-8,10H,2-5,9H2,1H3,(H,16,17). The normalized spacial score (nSPS) is 15.7. The lowest BCUT2D eigenvalue weighted by Crippen LogP contribution is -2.28. The molecule has 0 spiro atoms. The summed E-state index contributed by atoms with van der Waals surface area (Å²) in [5.74, 6) is 1.32. The Hall–Kier alpha value is -1.03. The number of rotatable bonds is 4. The minimum Gasteiger partial charge on any atom is -0.497 e. The quantitative estimate of drug-likeness (QED) is 0.925. The van der Waals surface area contributed by atoms with Gasteiger partial charge in [0.1, 0.15) is 5.75 Å². The average Bonchev–Trinajstić information content (AvgIpc) is 2.89. The van der Waals surface area contributed by atoms with Crippen LogP contribution in [0.25, 0.3) is 0 Å². The molecule has 0 aromatic heterocycles. The summed E-state index contributed by atoms with van der Waals surface area (Å²) in [5.41, 5.74) is 0.632. The van der Waals surface area contributed by atoms with Crippen LogP contribution in [0.15, 0.2) is 22.7 Å². The van der Waals surface area contributed by atoms with Crippen molar-refractivity contribution >= 4 is 21.8 Å². The molecule has 3 nitrogen and oxygen atoms in total. The average molecular weight is 312 g/mol. The fourth-order valence-electron chi connectivity index (χ4n) is 2.35. The minimum absolute atomic E-state index is 0.0346. The molecule has 0 saturated heterocycles. The molecule has 0 heterocycles. The maximum absolute atomic E-state index is 12.1. The molecule has 1 fully saturated rings. The van der Waals surface area contributed by atoms with Gasteiger partial charge in [0.2, 0.25) is 0 Å². The molecule has 18 heavy (non-hydrogen) atoms. The predicted molar refractivity (Wildman–Crippen MR) is 75.0 cm³/mol. The number of carbonyl (C=O) groups is 1. The molecule has 1 N–H and O–H groups in total. The van der Waals surface area contributed by atoms with Gasteiger partial charge in [-0.25, -0.2) is 0 Å². The molecule has 1 amide bonds. The first-order valence-electron chi connectivity index (χ1n) is 6.32. The Kier molecular flexibility index (Phi) is 4.64. The number of ether oxygens (including phenoxy) is 1. The van der Waals surface area contributed by atoms with Crippen molar-refractivity contribution in [3.8, 4) is 5.75 Å². The van der Waals surface area contributed by atoms with Gasteiger partial charge in [-0.15, -0.1) is 0 Å². The molecule has 4 heteroatoms. The topological polar surface area (TPSA) is 38.3 Å². The second-order valence-corrected chi connectivity index (χ2v) is 5.56. The Bertz CT molecular complexity index is 428. The van der Waals surface area contributed by atoms with Gasteiger partial charge in [0.25, 0.3) is 5.91 Å². The molecule has 0 unspecified atom stereocenters. The van der Waals surface area contributed by atoms with E-state index in [-0.39, 0.29) is 5.91 Å². The zero-order valence-electron chi connectivity index (χ0n) is 10.5. The fourth-order valence-corrected chi connectivity index (χ4v) is 2.78. The van der Waals surface area contributed by atoms with Gasteiger partial charge < -0.3 is 10.1 Å². The van der Waals surface area contributed by atoms with Crippen LogP contribution >= 0.6 is 15.9 Å². The molecule has 1 aliphatic rings. The van der Waals surface area contributed by atoms with Crippen molar-refractivity contribution in [2.45, 2.75) is 25.7 Å². The van der Waals surface area contributed by atoms with Crippen molar-refractivity contribution in [1.82, 2.24) is 5.32 Å². The molecule has 0 bridgehead atoms. The Labute approximate surface area is 116 Å². The molecule has 0 atom stereocenters. The van der Waals surface area contributed by atoms with Crippen LogP contribution in [0.2, 0.25) is 0 Å².